The van der Waals surface area contributed by atoms with Gasteiger partial charge in [-0.3, -0.25) is 4.90 Å². The molecular formula is C15H24N2O3S. The quantitative estimate of drug-likeness (QED) is 0.878. The van der Waals surface area contributed by atoms with Gasteiger partial charge in [0.2, 0.25) is 0 Å². The van der Waals surface area contributed by atoms with E-state index in [-0.39, 0.29) is 11.9 Å². The molecule has 1 N–H and O–H groups in total. The minimum Gasteiger partial charge on any atom is -0.392 e. The van der Waals surface area contributed by atoms with Crippen LogP contribution >= 0.6 is 0 Å². The first-order chi connectivity index (χ1) is 9.94. The fraction of sp³-hybridized carbons (Fsp3) is 0.600. The summed E-state index contributed by atoms with van der Waals surface area (Å²) in [5.41, 5.74) is 0.802. The number of benzene rings is 1. The molecule has 118 valence electrons. The fourth-order valence-corrected chi connectivity index (χ4v) is 3.79. The number of para-hydroxylation sites is 1. The molecule has 1 fully saturated rings. The molecule has 0 saturated carbocycles. The van der Waals surface area contributed by atoms with E-state index in [0.717, 1.165) is 31.9 Å². The van der Waals surface area contributed by atoms with Crippen LogP contribution in [0.15, 0.2) is 29.2 Å². The number of hydrogen-bond donors (Lipinski definition) is 1. The summed E-state index contributed by atoms with van der Waals surface area (Å²) in [5, 5.41) is 9.44. The van der Waals surface area contributed by atoms with Crippen molar-refractivity contribution in [3.8, 4) is 0 Å². The molecule has 6 heteroatoms. The van der Waals surface area contributed by atoms with Gasteiger partial charge in [-0.25, -0.2) is 8.42 Å². The molecule has 1 atom stereocenters. The highest BCUT2D eigenvalue weighted by Gasteiger charge is 2.23. The third-order valence-corrected chi connectivity index (χ3v) is 5.59. The third-order valence-electron chi connectivity index (χ3n) is 3.82. The summed E-state index contributed by atoms with van der Waals surface area (Å²) in [6.07, 6.45) is -0.329. The van der Waals surface area contributed by atoms with Gasteiger partial charge in [-0.05, 0) is 19.1 Å². The van der Waals surface area contributed by atoms with E-state index in [2.05, 4.69) is 9.80 Å². The molecule has 1 heterocycles. The highest BCUT2D eigenvalue weighted by Crippen LogP contribution is 2.26. The van der Waals surface area contributed by atoms with Crippen molar-refractivity contribution in [1.82, 2.24) is 4.90 Å². The molecule has 0 radical (unpaired) electrons. The average Bonchev–Trinajstić information content (AvgIpc) is 2.47. The molecule has 1 aromatic rings. The first kappa shape index (κ1) is 16.3. The van der Waals surface area contributed by atoms with Gasteiger partial charge in [-0.2, -0.15) is 0 Å². The van der Waals surface area contributed by atoms with Gasteiger partial charge < -0.3 is 10.0 Å². The van der Waals surface area contributed by atoms with Gasteiger partial charge in [0.15, 0.2) is 9.84 Å². The molecule has 0 aliphatic carbocycles. The summed E-state index contributed by atoms with van der Waals surface area (Å²) in [5.74, 6) is 0.117. The van der Waals surface area contributed by atoms with Crippen LogP contribution in [0.25, 0.3) is 0 Å². The normalized spacial score (nSPS) is 18.7. The smallest absolute Gasteiger partial charge is 0.180 e. The summed E-state index contributed by atoms with van der Waals surface area (Å²) in [4.78, 5) is 4.76. The molecular weight excluding hydrogens is 288 g/mol. The van der Waals surface area contributed by atoms with Crippen molar-refractivity contribution in [2.75, 3.05) is 43.4 Å². The Balaban J connectivity index is 2.14. The van der Waals surface area contributed by atoms with Crippen molar-refractivity contribution < 1.29 is 13.5 Å². The van der Waals surface area contributed by atoms with Crippen molar-refractivity contribution in [3.05, 3.63) is 24.3 Å². The second-order valence-electron chi connectivity index (χ2n) is 5.51. The van der Waals surface area contributed by atoms with Gasteiger partial charge >= 0.3 is 0 Å². The van der Waals surface area contributed by atoms with Crippen LogP contribution in [-0.4, -0.2) is 63.0 Å². The first-order valence-corrected chi connectivity index (χ1v) is 9.06. The van der Waals surface area contributed by atoms with E-state index in [0.29, 0.717) is 11.4 Å². The van der Waals surface area contributed by atoms with E-state index in [1.165, 1.54) is 0 Å². The molecule has 21 heavy (non-hydrogen) atoms. The molecule has 0 aromatic heterocycles. The first-order valence-electron chi connectivity index (χ1n) is 7.41. The second kappa shape index (κ2) is 6.77. The number of β-amino-alcohol motifs (C(OH)–C–C–N with tert-alkyl or cyclic N) is 1. The topological polar surface area (TPSA) is 60.9 Å². The molecule has 1 aliphatic heterocycles. The number of aliphatic hydroxyl groups is 1. The SMILES string of the molecule is CCS(=O)(=O)c1ccccc1N1CCN(C[C@@H](C)O)CC1. The average molecular weight is 312 g/mol. The van der Waals surface area contributed by atoms with Crippen molar-refractivity contribution in [3.63, 3.8) is 0 Å². The minimum absolute atomic E-state index is 0.117. The highest BCUT2D eigenvalue weighted by molar-refractivity contribution is 7.91. The standard InChI is InChI=1S/C15H24N2O3S/c1-3-21(19,20)15-7-5-4-6-14(15)17-10-8-16(9-11-17)12-13(2)18/h4-7,13,18H,3,8-12H2,1-2H3/t13-/m1/s1. The summed E-state index contributed by atoms with van der Waals surface area (Å²) in [6, 6.07) is 7.23. The Morgan fingerprint density at radius 1 is 1.19 bits per heavy atom. The molecule has 0 amide bonds. The van der Waals surface area contributed by atoms with Crippen LogP contribution in [0.4, 0.5) is 5.69 Å². The summed E-state index contributed by atoms with van der Waals surface area (Å²) < 4.78 is 24.4. The van der Waals surface area contributed by atoms with Gasteiger partial charge in [0.1, 0.15) is 0 Å². The molecule has 5 nitrogen and oxygen atoms in total. The number of hydrogen-bond acceptors (Lipinski definition) is 5. The van der Waals surface area contributed by atoms with Crippen LogP contribution in [0.1, 0.15) is 13.8 Å². The zero-order valence-corrected chi connectivity index (χ0v) is 13.5. The van der Waals surface area contributed by atoms with E-state index < -0.39 is 9.84 Å². The highest BCUT2D eigenvalue weighted by atomic mass is 32.2. The van der Waals surface area contributed by atoms with Crippen LogP contribution in [-0.2, 0) is 9.84 Å². The van der Waals surface area contributed by atoms with Crippen molar-refractivity contribution in [2.45, 2.75) is 24.8 Å². The van der Waals surface area contributed by atoms with Crippen molar-refractivity contribution in [1.29, 1.82) is 0 Å². The molecule has 0 bridgehead atoms. The second-order valence-corrected chi connectivity index (χ2v) is 7.75. The largest absolute Gasteiger partial charge is 0.392 e. The van der Waals surface area contributed by atoms with E-state index in [4.69, 9.17) is 0 Å². The lowest BCUT2D eigenvalue weighted by Gasteiger charge is -2.37. The van der Waals surface area contributed by atoms with Crippen LogP contribution < -0.4 is 4.90 Å². The summed E-state index contributed by atoms with van der Waals surface area (Å²) in [6.45, 7) is 7.37. The lowest BCUT2D eigenvalue weighted by atomic mass is 10.2. The maximum atomic E-state index is 12.2. The van der Waals surface area contributed by atoms with E-state index >= 15 is 0 Å². The monoisotopic (exact) mass is 312 g/mol. The molecule has 0 unspecified atom stereocenters. The lowest BCUT2D eigenvalue weighted by Crippen LogP contribution is -2.48. The predicted octanol–water partition coefficient (Wildman–Crippen LogP) is 0.983. The Hall–Kier alpha value is -1.11. The van der Waals surface area contributed by atoms with E-state index in [9.17, 15) is 13.5 Å². The van der Waals surface area contributed by atoms with Gasteiger partial charge in [0.05, 0.1) is 22.4 Å². The fourth-order valence-electron chi connectivity index (χ4n) is 2.68. The number of nitrogens with zero attached hydrogens (tertiary/aromatic N) is 2. The zero-order valence-electron chi connectivity index (χ0n) is 12.7. The molecule has 1 aliphatic rings. The van der Waals surface area contributed by atoms with E-state index in [1.807, 2.05) is 12.1 Å². The number of rotatable bonds is 5. The lowest BCUT2D eigenvalue weighted by molar-refractivity contribution is 0.122. The molecule has 1 saturated heterocycles. The minimum atomic E-state index is -3.21. The molecule has 1 aromatic carbocycles. The van der Waals surface area contributed by atoms with Crippen LogP contribution in [0, 0.1) is 0 Å². The van der Waals surface area contributed by atoms with Gasteiger partial charge in [-0.1, -0.05) is 19.1 Å². The maximum absolute atomic E-state index is 12.2. The van der Waals surface area contributed by atoms with Crippen LogP contribution in [0.2, 0.25) is 0 Å². The summed E-state index contributed by atoms with van der Waals surface area (Å²) >= 11 is 0. The van der Waals surface area contributed by atoms with Gasteiger partial charge in [0.25, 0.3) is 0 Å². The van der Waals surface area contributed by atoms with Crippen LogP contribution in [0.5, 0.6) is 0 Å². The number of aliphatic hydroxyl groups excluding tert-OH is 1. The van der Waals surface area contributed by atoms with Crippen molar-refractivity contribution in [2.24, 2.45) is 0 Å². The molecule has 0 spiro atoms. The maximum Gasteiger partial charge on any atom is 0.180 e. The number of sulfone groups is 1. The molecule has 2 rings (SSSR count). The third kappa shape index (κ3) is 3.96. The van der Waals surface area contributed by atoms with Crippen LogP contribution in [0.3, 0.4) is 0 Å². The Morgan fingerprint density at radius 2 is 1.81 bits per heavy atom. The Morgan fingerprint density at radius 3 is 2.38 bits per heavy atom. The van der Waals surface area contributed by atoms with E-state index in [1.54, 1.807) is 26.0 Å². The van der Waals surface area contributed by atoms with Gasteiger partial charge in [0, 0.05) is 32.7 Å². The predicted molar refractivity (Wildman–Crippen MR) is 84.5 cm³/mol. The number of piperazine rings is 1. The number of anilines is 1. The zero-order chi connectivity index (χ0) is 15.5. The van der Waals surface area contributed by atoms with Crippen molar-refractivity contribution >= 4 is 15.5 Å². The summed E-state index contributed by atoms with van der Waals surface area (Å²) in [7, 11) is -3.21. The van der Waals surface area contributed by atoms with Gasteiger partial charge in [-0.15, -0.1) is 0 Å². The Labute approximate surface area is 127 Å². The Kier molecular flexibility index (Phi) is 5.24. The Bertz CT molecular complexity index is 564.